The third-order valence-electron chi connectivity index (χ3n) is 4.06. The van der Waals surface area contributed by atoms with E-state index in [-0.39, 0.29) is 10.8 Å². The number of anilines is 1. The number of hydrogen-bond acceptors (Lipinski definition) is 3. The number of amides is 1. The molecule has 0 heterocycles. The molecule has 26 heavy (non-hydrogen) atoms. The SMILES string of the molecule is CCCCNS(=O)(=O)c1cccc(C(=O)Nc2ccc(C(C)C)cc2)c1. The van der Waals surface area contributed by atoms with Gasteiger partial charge in [0.2, 0.25) is 10.0 Å². The Kier molecular flexibility index (Phi) is 6.94. The van der Waals surface area contributed by atoms with Crippen LogP contribution in [-0.4, -0.2) is 20.9 Å². The van der Waals surface area contributed by atoms with Crippen molar-refractivity contribution in [1.82, 2.24) is 4.72 Å². The lowest BCUT2D eigenvalue weighted by Gasteiger charge is -2.10. The van der Waals surface area contributed by atoms with E-state index in [9.17, 15) is 13.2 Å². The fourth-order valence-corrected chi connectivity index (χ4v) is 3.55. The zero-order valence-electron chi connectivity index (χ0n) is 15.5. The molecular formula is C20H26N2O3S. The second-order valence-corrected chi connectivity index (χ2v) is 8.28. The molecule has 0 aliphatic carbocycles. The van der Waals surface area contributed by atoms with Crippen LogP contribution in [0.5, 0.6) is 0 Å². The highest BCUT2D eigenvalue weighted by atomic mass is 32.2. The Balaban J connectivity index is 2.12. The third kappa shape index (κ3) is 5.41. The first kappa shape index (κ1) is 20.1. The van der Waals surface area contributed by atoms with Crippen LogP contribution in [0.3, 0.4) is 0 Å². The van der Waals surface area contributed by atoms with Crippen molar-refractivity contribution < 1.29 is 13.2 Å². The van der Waals surface area contributed by atoms with Gasteiger partial charge in [-0.15, -0.1) is 0 Å². The number of benzene rings is 2. The summed E-state index contributed by atoms with van der Waals surface area (Å²) in [5.41, 5.74) is 2.17. The highest BCUT2D eigenvalue weighted by molar-refractivity contribution is 7.89. The maximum atomic E-state index is 12.4. The average molecular weight is 375 g/mol. The number of sulfonamides is 1. The molecule has 0 bridgehead atoms. The molecule has 0 aliphatic rings. The summed E-state index contributed by atoms with van der Waals surface area (Å²) in [5.74, 6) is 0.0785. The standard InChI is InChI=1S/C20H26N2O3S/c1-4-5-13-21-26(24,25)19-8-6-7-17(14-19)20(23)22-18-11-9-16(10-12-18)15(2)3/h6-12,14-15,21H,4-5,13H2,1-3H3,(H,22,23). The minimum absolute atomic E-state index is 0.0939. The summed E-state index contributed by atoms with van der Waals surface area (Å²) in [6, 6.07) is 13.7. The number of carbonyl (C=O) groups is 1. The molecule has 2 aromatic carbocycles. The average Bonchev–Trinajstić information content (AvgIpc) is 2.62. The lowest BCUT2D eigenvalue weighted by molar-refractivity contribution is 0.102. The molecule has 2 aromatic rings. The molecule has 0 unspecified atom stereocenters. The fraction of sp³-hybridized carbons (Fsp3) is 0.350. The summed E-state index contributed by atoms with van der Waals surface area (Å²) in [5, 5.41) is 2.80. The van der Waals surface area contributed by atoms with Crippen molar-refractivity contribution >= 4 is 21.6 Å². The molecule has 1 amide bonds. The summed E-state index contributed by atoms with van der Waals surface area (Å²) < 4.78 is 27.1. The van der Waals surface area contributed by atoms with E-state index >= 15 is 0 Å². The van der Waals surface area contributed by atoms with Crippen molar-refractivity contribution in [3.05, 3.63) is 59.7 Å². The summed E-state index contributed by atoms with van der Waals surface area (Å²) in [6.45, 7) is 6.59. The van der Waals surface area contributed by atoms with Gasteiger partial charge >= 0.3 is 0 Å². The van der Waals surface area contributed by atoms with E-state index < -0.39 is 10.0 Å². The number of carbonyl (C=O) groups excluding carboxylic acids is 1. The molecule has 2 N–H and O–H groups in total. The van der Waals surface area contributed by atoms with Crippen LogP contribution >= 0.6 is 0 Å². The molecule has 0 saturated carbocycles. The molecule has 0 aliphatic heterocycles. The number of hydrogen-bond donors (Lipinski definition) is 2. The van der Waals surface area contributed by atoms with Gasteiger partial charge in [-0.25, -0.2) is 13.1 Å². The van der Waals surface area contributed by atoms with E-state index in [4.69, 9.17) is 0 Å². The van der Waals surface area contributed by atoms with Crippen LogP contribution < -0.4 is 10.0 Å². The molecule has 2 rings (SSSR count). The van der Waals surface area contributed by atoms with Crippen LogP contribution in [-0.2, 0) is 10.0 Å². The van der Waals surface area contributed by atoms with Gasteiger partial charge in [-0.1, -0.05) is 45.4 Å². The fourth-order valence-electron chi connectivity index (χ4n) is 2.43. The Morgan fingerprint density at radius 2 is 1.77 bits per heavy atom. The van der Waals surface area contributed by atoms with Gasteiger partial charge in [-0.2, -0.15) is 0 Å². The molecule has 6 heteroatoms. The van der Waals surface area contributed by atoms with Gasteiger partial charge in [-0.05, 0) is 48.2 Å². The molecule has 0 saturated heterocycles. The van der Waals surface area contributed by atoms with Crippen molar-refractivity contribution in [1.29, 1.82) is 0 Å². The van der Waals surface area contributed by atoms with Crippen LogP contribution in [0.15, 0.2) is 53.4 Å². The molecule has 0 atom stereocenters. The molecule has 0 spiro atoms. The summed E-state index contributed by atoms with van der Waals surface area (Å²) >= 11 is 0. The topological polar surface area (TPSA) is 75.3 Å². The number of nitrogens with one attached hydrogen (secondary N) is 2. The van der Waals surface area contributed by atoms with E-state index in [0.717, 1.165) is 12.8 Å². The van der Waals surface area contributed by atoms with Gasteiger partial charge in [0.25, 0.3) is 5.91 Å². The van der Waals surface area contributed by atoms with Gasteiger partial charge in [-0.3, -0.25) is 4.79 Å². The van der Waals surface area contributed by atoms with E-state index in [1.165, 1.54) is 17.7 Å². The predicted octanol–water partition coefficient (Wildman–Crippen LogP) is 4.14. The normalized spacial score (nSPS) is 11.5. The molecule has 0 fully saturated rings. The smallest absolute Gasteiger partial charge is 0.255 e. The molecule has 5 nitrogen and oxygen atoms in total. The van der Waals surface area contributed by atoms with E-state index in [1.807, 2.05) is 31.2 Å². The predicted molar refractivity (Wildman–Crippen MR) is 105 cm³/mol. The van der Waals surface area contributed by atoms with Crippen molar-refractivity contribution in [2.75, 3.05) is 11.9 Å². The Hall–Kier alpha value is -2.18. The number of rotatable bonds is 8. The van der Waals surface area contributed by atoms with Gasteiger partial charge < -0.3 is 5.32 Å². The third-order valence-corrected chi connectivity index (χ3v) is 5.52. The van der Waals surface area contributed by atoms with Crippen molar-refractivity contribution in [2.45, 2.75) is 44.4 Å². The molecule has 0 aromatic heterocycles. The van der Waals surface area contributed by atoms with Crippen molar-refractivity contribution in [3.63, 3.8) is 0 Å². The molecular weight excluding hydrogens is 348 g/mol. The quantitative estimate of drug-likeness (QED) is 0.682. The molecule has 140 valence electrons. The largest absolute Gasteiger partial charge is 0.322 e. The first-order chi connectivity index (χ1) is 12.3. The first-order valence-corrected chi connectivity index (χ1v) is 10.3. The Morgan fingerprint density at radius 1 is 1.08 bits per heavy atom. The lowest BCUT2D eigenvalue weighted by atomic mass is 10.0. The summed E-state index contributed by atoms with van der Waals surface area (Å²) in [7, 11) is -3.61. The van der Waals surface area contributed by atoms with Crippen LogP contribution in [0.4, 0.5) is 5.69 Å². The minimum atomic E-state index is -3.61. The van der Waals surface area contributed by atoms with Gasteiger partial charge in [0.1, 0.15) is 0 Å². The second-order valence-electron chi connectivity index (χ2n) is 6.51. The van der Waals surface area contributed by atoms with E-state index in [2.05, 4.69) is 23.9 Å². The number of unbranched alkanes of at least 4 members (excludes halogenated alkanes) is 1. The zero-order chi connectivity index (χ0) is 19.2. The maximum absolute atomic E-state index is 12.4. The zero-order valence-corrected chi connectivity index (χ0v) is 16.3. The van der Waals surface area contributed by atoms with E-state index in [0.29, 0.717) is 23.7 Å². The maximum Gasteiger partial charge on any atom is 0.255 e. The van der Waals surface area contributed by atoms with E-state index in [1.54, 1.807) is 12.1 Å². The van der Waals surface area contributed by atoms with Gasteiger partial charge in [0.05, 0.1) is 4.90 Å². The highest BCUT2D eigenvalue weighted by Crippen LogP contribution is 2.18. The lowest BCUT2D eigenvalue weighted by Crippen LogP contribution is -2.25. The summed E-state index contributed by atoms with van der Waals surface area (Å²) in [6.07, 6.45) is 1.67. The minimum Gasteiger partial charge on any atom is -0.322 e. The molecule has 0 radical (unpaired) electrons. The monoisotopic (exact) mass is 374 g/mol. The van der Waals surface area contributed by atoms with Gasteiger partial charge in [0.15, 0.2) is 0 Å². The first-order valence-electron chi connectivity index (χ1n) is 8.84. The van der Waals surface area contributed by atoms with Gasteiger partial charge in [0, 0.05) is 17.8 Å². The summed E-state index contributed by atoms with van der Waals surface area (Å²) in [4.78, 5) is 12.5. The Labute approximate surface area is 155 Å². The Bertz CT molecular complexity index is 844. The van der Waals surface area contributed by atoms with Crippen LogP contribution in [0.1, 0.15) is 55.5 Å². The Morgan fingerprint density at radius 3 is 2.38 bits per heavy atom. The second kappa shape index (κ2) is 8.96. The highest BCUT2D eigenvalue weighted by Gasteiger charge is 2.16. The van der Waals surface area contributed by atoms with Crippen LogP contribution in [0.25, 0.3) is 0 Å². The van der Waals surface area contributed by atoms with Crippen LogP contribution in [0.2, 0.25) is 0 Å². The van der Waals surface area contributed by atoms with Crippen molar-refractivity contribution in [3.8, 4) is 0 Å². The van der Waals surface area contributed by atoms with Crippen LogP contribution in [0, 0.1) is 0 Å². The van der Waals surface area contributed by atoms with Crippen molar-refractivity contribution in [2.24, 2.45) is 0 Å².